The zero-order chi connectivity index (χ0) is 11.6. The number of hydrogen-bond acceptors (Lipinski definition) is 7. The maximum absolute atomic E-state index is 10.7. The first kappa shape index (κ1) is 12.3. The predicted molar refractivity (Wildman–Crippen MR) is 45.5 cm³/mol. The highest BCUT2D eigenvalue weighted by Gasteiger charge is 2.45. The van der Waals surface area contributed by atoms with E-state index in [1.165, 1.54) is 0 Å². The van der Waals surface area contributed by atoms with Crippen LogP contribution in [-0.2, 0) is 14.3 Å². The molecule has 1 aliphatic heterocycles. The number of aliphatic hydroxyl groups is 4. The summed E-state index contributed by atoms with van der Waals surface area (Å²) in [6.45, 7) is 0.581. The topological polar surface area (TPSA) is 116 Å². The lowest BCUT2D eigenvalue weighted by atomic mass is 9.99. The summed E-state index contributed by atoms with van der Waals surface area (Å²) >= 11 is 0. The van der Waals surface area contributed by atoms with Crippen LogP contribution in [0.1, 0.15) is 6.92 Å². The number of carbonyl (C=O) groups excluding carboxylic acids is 1. The van der Waals surface area contributed by atoms with E-state index < -0.39 is 43.3 Å². The van der Waals surface area contributed by atoms with E-state index in [4.69, 9.17) is 14.9 Å². The molecule has 88 valence electrons. The maximum Gasteiger partial charge on any atom is 0.303 e. The summed E-state index contributed by atoms with van der Waals surface area (Å²) in [5, 5.41) is 36.7. The van der Waals surface area contributed by atoms with Crippen LogP contribution in [0.2, 0.25) is 0 Å². The fourth-order valence-electron chi connectivity index (χ4n) is 1.40. The minimum absolute atomic E-state index is 0.543. The summed E-state index contributed by atoms with van der Waals surface area (Å²) < 4.78 is 9.43. The average molecular weight is 222 g/mol. The van der Waals surface area contributed by atoms with E-state index in [1.807, 2.05) is 0 Å². The Hall–Kier alpha value is -0.730. The number of esters is 1. The summed E-state index contributed by atoms with van der Waals surface area (Å²) in [7, 11) is 0. The van der Waals surface area contributed by atoms with Crippen molar-refractivity contribution in [1.29, 1.82) is 0 Å². The monoisotopic (exact) mass is 222 g/mol. The van der Waals surface area contributed by atoms with Gasteiger partial charge in [-0.2, -0.15) is 0 Å². The van der Waals surface area contributed by atoms with Gasteiger partial charge in [0.05, 0.1) is 6.61 Å². The standard InChI is InChI=1S/C8H14O7/c1-3(10)14-7-4(2-9)15-8(13)6(12)5(7)11/h4-9,11-13H,2H2,1H3. The second-order valence-electron chi connectivity index (χ2n) is 3.30. The van der Waals surface area contributed by atoms with Crippen molar-refractivity contribution in [2.45, 2.75) is 37.6 Å². The minimum atomic E-state index is -1.61. The quantitative estimate of drug-likeness (QED) is 0.377. The molecular weight excluding hydrogens is 208 g/mol. The lowest BCUT2D eigenvalue weighted by Crippen LogP contribution is -2.59. The smallest absolute Gasteiger partial charge is 0.303 e. The van der Waals surface area contributed by atoms with Gasteiger partial charge in [0.2, 0.25) is 0 Å². The first-order valence-corrected chi connectivity index (χ1v) is 4.45. The Kier molecular flexibility index (Phi) is 4.00. The first-order valence-electron chi connectivity index (χ1n) is 4.45. The van der Waals surface area contributed by atoms with Gasteiger partial charge in [-0.1, -0.05) is 0 Å². The van der Waals surface area contributed by atoms with E-state index in [-0.39, 0.29) is 0 Å². The highest BCUT2D eigenvalue weighted by Crippen LogP contribution is 2.22. The van der Waals surface area contributed by atoms with Crippen LogP contribution in [0, 0.1) is 0 Å². The second kappa shape index (κ2) is 4.86. The highest BCUT2D eigenvalue weighted by molar-refractivity contribution is 5.66. The fourth-order valence-corrected chi connectivity index (χ4v) is 1.40. The summed E-state index contributed by atoms with van der Waals surface area (Å²) in [6, 6.07) is 0. The Morgan fingerprint density at radius 1 is 1.33 bits per heavy atom. The van der Waals surface area contributed by atoms with Crippen molar-refractivity contribution in [3.8, 4) is 0 Å². The summed E-state index contributed by atoms with van der Waals surface area (Å²) in [5.74, 6) is -0.676. The van der Waals surface area contributed by atoms with Crippen LogP contribution in [0.15, 0.2) is 0 Å². The molecule has 0 aromatic carbocycles. The Labute approximate surface area is 85.9 Å². The molecule has 1 rings (SSSR count). The van der Waals surface area contributed by atoms with Crippen molar-refractivity contribution < 1.29 is 34.7 Å². The predicted octanol–water partition coefficient (Wildman–Crippen LogP) is -2.65. The molecule has 7 nitrogen and oxygen atoms in total. The van der Waals surface area contributed by atoms with Gasteiger partial charge in [0, 0.05) is 6.92 Å². The van der Waals surface area contributed by atoms with Crippen molar-refractivity contribution in [1.82, 2.24) is 0 Å². The molecule has 7 heteroatoms. The van der Waals surface area contributed by atoms with Crippen LogP contribution in [0.4, 0.5) is 0 Å². The highest BCUT2D eigenvalue weighted by atomic mass is 16.7. The molecule has 0 spiro atoms. The fraction of sp³-hybridized carbons (Fsp3) is 0.875. The third-order valence-corrected chi connectivity index (χ3v) is 2.14. The van der Waals surface area contributed by atoms with E-state index in [1.54, 1.807) is 0 Å². The van der Waals surface area contributed by atoms with Crippen molar-refractivity contribution in [3.63, 3.8) is 0 Å². The number of hydrogen-bond donors (Lipinski definition) is 4. The van der Waals surface area contributed by atoms with Gasteiger partial charge in [-0.25, -0.2) is 0 Å². The number of ether oxygens (including phenoxy) is 2. The zero-order valence-corrected chi connectivity index (χ0v) is 8.11. The molecule has 1 saturated heterocycles. The third kappa shape index (κ3) is 2.64. The molecular formula is C8H14O7. The molecule has 0 saturated carbocycles. The Morgan fingerprint density at radius 2 is 1.93 bits per heavy atom. The van der Waals surface area contributed by atoms with Crippen LogP contribution in [0.3, 0.4) is 0 Å². The second-order valence-corrected chi connectivity index (χ2v) is 3.30. The number of aliphatic hydroxyl groups excluding tert-OH is 4. The summed E-state index contributed by atoms with van der Waals surface area (Å²) in [4.78, 5) is 10.7. The van der Waals surface area contributed by atoms with Gasteiger partial charge in [0.25, 0.3) is 0 Å². The van der Waals surface area contributed by atoms with Crippen LogP contribution >= 0.6 is 0 Å². The molecule has 0 amide bonds. The number of rotatable bonds is 2. The van der Waals surface area contributed by atoms with Gasteiger partial charge in [0.15, 0.2) is 12.4 Å². The minimum Gasteiger partial charge on any atom is -0.457 e. The molecule has 0 bridgehead atoms. The molecule has 0 aromatic rings. The molecule has 1 fully saturated rings. The molecule has 5 atom stereocenters. The van der Waals surface area contributed by atoms with Crippen LogP contribution < -0.4 is 0 Å². The van der Waals surface area contributed by atoms with Gasteiger partial charge in [-0.3, -0.25) is 4.79 Å². The van der Waals surface area contributed by atoms with E-state index in [9.17, 15) is 15.0 Å². The lowest BCUT2D eigenvalue weighted by molar-refractivity contribution is -0.289. The van der Waals surface area contributed by atoms with Crippen molar-refractivity contribution in [2.75, 3.05) is 6.61 Å². The third-order valence-electron chi connectivity index (χ3n) is 2.14. The summed E-state index contributed by atoms with van der Waals surface area (Å²) in [6.07, 6.45) is -6.91. The van der Waals surface area contributed by atoms with Crippen LogP contribution in [0.5, 0.6) is 0 Å². The van der Waals surface area contributed by atoms with Crippen molar-refractivity contribution in [3.05, 3.63) is 0 Å². The first-order chi connectivity index (χ1) is 6.97. The molecule has 1 heterocycles. The van der Waals surface area contributed by atoms with Crippen LogP contribution in [0.25, 0.3) is 0 Å². The molecule has 15 heavy (non-hydrogen) atoms. The van der Waals surface area contributed by atoms with E-state index in [2.05, 4.69) is 4.74 Å². The van der Waals surface area contributed by atoms with E-state index >= 15 is 0 Å². The lowest BCUT2D eigenvalue weighted by Gasteiger charge is -2.39. The molecule has 0 aliphatic carbocycles. The molecule has 5 unspecified atom stereocenters. The van der Waals surface area contributed by atoms with Gasteiger partial charge >= 0.3 is 5.97 Å². The Balaban J connectivity index is 2.75. The maximum atomic E-state index is 10.7. The van der Waals surface area contributed by atoms with Crippen LogP contribution in [-0.4, -0.2) is 63.7 Å². The largest absolute Gasteiger partial charge is 0.457 e. The van der Waals surface area contributed by atoms with Crippen molar-refractivity contribution >= 4 is 5.97 Å². The van der Waals surface area contributed by atoms with E-state index in [0.29, 0.717) is 0 Å². The Bertz CT molecular complexity index is 229. The molecule has 0 radical (unpaired) electrons. The van der Waals surface area contributed by atoms with Gasteiger partial charge in [-0.15, -0.1) is 0 Å². The van der Waals surface area contributed by atoms with Gasteiger partial charge in [-0.05, 0) is 0 Å². The molecule has 0 aromatic heterocycles. The summed E-state index contributed by atoms with van der Waals surface area (Å²) in [5.41, 5.74) is 0. The number of carbonyl (C=O) groups is 1. The van der Waals surface area contributed by atoms with Crippen molar-refractivity contribution in [2.24, 2.45) is 0 Å². The molecule has 4 N–H and O–H groups in total. The molecule has 1 aliphatic rings. The normalized spacial score (nSPS) is 41.3. The van der Waals surface area contributed by atoms with E-state index in [0.717, 1.165) is 6.92 Å². The SMILES string of the molecule is CC(=O)OC1C(CO)OC(O)C(O)C1O. The average Bonchev–Trinajstić information content (AvgIpc) is 2.18. The Morgan fingerprint density at radius 3 is 2.40 bits per heavy atom. The zero-order valence-electron chi connectivity index (χ0n) is 8.11. The van der Waals surface area contributed by atoms with Gasteiger partial charge in [0.1, 0.15) is 18.3 Å². The van der Waals surface area contributed by atoms with Gasteiger partial charge < -0.3 is 29.9 Å².